The summed E-state index contributed by atoms with van der Waals surface area (Å²) < 4.78 is 66.4. The number of carbonyl (C=O) groups is 1. The molecule has 0 bridgehead atoms. The van der Waals surface area contributed by atoms with Gasteiger partial charge in [-0.3, -0.25) is 4.79 Å². The molecular formula is C40H37F3O7. The van der Waals surface area contributed by atoms with Gasteiger partial charge in [-0.15, -0.1) is 0 Å². The Balaban J connectivity index is 1.24. The predicted octanol–water partition coefficient (Wildman–Crippen LogP) is 8.76. The number of esters is 1. The van der Waals surface area contributed by atoms with Crippen molar-refractivity contribution in [2.45, 2.75) is 19.2 Å². The molecule has 0 spiro atoms. The third-order valence-corrected chi connectivity index (χ3v) is 8.02. The summed E-state index contributed by atoms with van der Waals surface area (Å²) in [5.41, 5.74) is 5.50. The molecule has 0 radical (unpaired) electrons. The summed E-state index contributed by atoms with van der Waals surface area (Å²) in [6.07, 6.45) is -5.24. The number of rotatable bonds is 14. The third-order valence-electron chi connectivity index (χ3n) is 8.02. The molecule has 0 saturated carbocycles. The van der Waals surface area contributed by atoms with Crippen LogP contribution in [0.15, 0.2) is 109 Å². The van der Waals surface area contributed by atoms with Gasteiger partial charge < -0.3 is 28.8 Å². The number of ether oxygens (including phenoxy) is 5. The lowest BCUT2D eigenvalue weighted by atomic mass is 9.95. The van der Waals surface area contributed by atoms with Gasteiger partial charge in [0.25, 0.3) is 0 Å². The van der Waals surface area contributed by atoms with E-state index in [4.69, 9.17) is 23.7 Å². The Labute approximate surface area is 288 Å². The second-order valence-corrected chi connectivity index (χ2v) is 11.3. The Morgan fingerprint density at radius 2 is 1.10 bits per heavy atom. The fourth-order valence-electron chi connectivity index (χ4n) is 5.41. The number of alkyl halides is 3. The van der Waals surface area contributed by atoms with Gasteiger partial charge >= 0.3 is 12.1 Å². The first kappa shape index (κ1) is 36.0. The zero-order valence-corrected chi connectivity index (χ0v) is 27.8. The van der Waals surface area contributed by atoms with E-state index in [1.165, 1.54) is 26.2 Å². The topological polar surface area (TPSA) is 83.5 Å². The van der Waals surface area contributed by atoms with Gasteiger partial charge in [0.2, 0.25) is 0 Å². The van der Waals surface area contributed by atoms with E-state index in [1.54, 1.807) is 19.2 Å². The summed E-state index contributed by atoms with van der Waals surface area (Å²) in [4.78, 5) is 10.8. The molecule has 5 aromatic rings. The molecule has 0 aliphatic heterocycles. The van der Waals surface area contributed by atoms with Crippen LogP contribution in [0.5, 0.6) is 17.2 Å². The second kappa shape index (κ2) is 16.4. The molecule has 5 rings (SSSR count). The number of halogens is 3. The van der Waals surface area contributed by atoms with Gasteiger partial charge in [0.15, 0.2) is 0 Å². The van der Waals surface area contributed by atoms with Crippen LogP contribution in [-0.4, -0.2) is 51.7 Å². The Hall–Kier alpha value is -5.32. The highest BCUT2D eigenvalue weighted by atomic mass is 19.4. The lowest BCUT2D eigenvalue weighted by Gasteiger charge is -2.16. The fraction of sp³-hybridized carbons (Fsp3) is 0.225. The van der Waals surface area contributed by atoms with Gasteiger partial charge in [0.05, 0.1) is 33.0 Å². The number of hydrogen-bond acceptors (Lipinski definition) is 7. The molecule has 0 amide bonds. The Bertz CT molecular complexity index is 1870. The van der Waals surface area contributed by atoms with Gasteiger partial charge in [-0.25, -0.2) is 0 Å². The van der Waals surface area contributed by atoms with Crippen molar-refractivity contribution in [1.82, 2.24) is 0 Å². The molecule has 0 heterocycles. The molecule has 0 aromatic heterocycles. The van der Waals surface area contributed by atoms with Crippen LogP contribution in [0, 0.1) is 0 Å². The number of carbonyl (C=O) groups excluding carboxylic acids is 1. The standard InChI is InChI=1S/C40H37F3O7/c1-26(44)49-22-20-48-21-23-50-34-16-10-30(11-17-34)39(45)29-6-4-27(5-7-29)35-18-12-31(24-37(35)46-2)32-13-19-36(38(25-32)47-3)28-8-14-33(15-9-28)40(41,42)43/h4-19,24-25,39,45H,20-23H2,1-3H3. The van der Waals surface area contributed by atoms with Crippen LogP contribution in [0.4, 0.5) is 13.2 Å². The summed E-state index contributed by atoms with van der Waals surface area (Å²) >= 11 is 0. The smallest absolute Gasteiger partial charge is 0.416 e. The van der Waals surface area contributed by atoms with E-state index in [0.717, 1.165) is 39.9 Å². The average molecular weight is 687 g/mol. The summed E-state index contributed by atoms with van der Waals surface area (Å²) in [5.74, 6) is 1.47. The number of benzene rings is 5. The van der Waals surface area contributed by atoms with Crippen molar-refractivity contribution >= 4 is 5.97 Å². The number of hydrogen-bond donors (Lipinski definition) is 1. The van der Waals surface area contributed by atoms with Crippen LogP contribution < -0.4 is 14.2 Å². The average Bonchev–Trinajstić information content (AvgIpc) is 3.13. The molecule has 1 N–H and O–H groups in total. The maximum absolute atomic E-state index is 13.0. The quantitative estimate of drug-likeness (QED) is 0.0924. The maximum atomic E-state index is 13.0. The number of aliphatic hydroxyl groups is 1. The molecule has 1 unspecified atom stereocenters. The lowest BCUT2D eigenvalue weighted by Crippen LogP contribution is -2.12. The monoisotopic (exact) mass is 686 g/mol. The molecular weight excluding hydrogens is 649 g/mol. The van der Waals surface area contributed by atoms with Crippen molar-refractivity contribution < 1.29 is 46.8 Å². The molecule has 0 saturated heterocycles. The molecule has 260 valence electrons. The zero-order chi connectivity index (χ0) is 35.7. The van der Waals surface area contributed by atoms with Gasteiger partial charge in [-0.1, -0.05) is 72.8 Å². The van der Waals surface area contributed by atoms with Gasteiger partial charge in [0, 0.05) is 18.1 Å². The number of methoxy groups -OCH3 is 2. The highest BCUT2D eigenvalue weighted by Crippen LogP contribution is 2.39. The SMILES string of the molecule is COc1cc(-c2ccc(-c3ccc(C(F)(F)F)cc3)c(OC)c2)ccc1-c1ccc(C(O)c2ccc(OCCOCCOC(C)=O)cc2)cc1. The molecule has 7 nitrogen and oxygen atoms in total. The Morgan fingerprint density at radius 1 is 0.640 bits per heavy atom. The molecule has 0 aliphatic rings. The second-order valence-electron chi connectivity index (χ2n) is 11.3. The summed E-state index contributed by atoms with van der Waals surface area (Å²) in [6.45, 7) is 2.53. The highest BCUT2D eigenvalue weighted by Gasteiger charge is 2.30. The van der Waals surface area contributed by atoms with Crippen molar-refractivity contribution in [3.05, 3.63) is 126 Å². The fourth-order valence-corrected chi connectivity index (χ4v) is 5.41. The van der Waals surface area contributed by atoms with Crippen molar-refractivity contribution in [2.75, 3.05) is 40.6 Å². The molecule has 50 heavy (non-hydrogen) atoms. The first-order valence-electron chi connectivity index (χ1n) is 15.8. The maximum Gasteiger partial charge on any atom is 0.416 e. The van der Waals surface area contributed by atoms with Crippen molar-refractivity contribution in [3.8, 4) is 50.6 Å². The minimum Gasteiger partial charge on any atom is -0.496 e. The largest absolute Gasteiger partial charge is 0.496 e. The molecule has 10 heteroatoms. The zero-order valence-electron chi connectivity index (χ0n) is 27.8. The molecule has 1 atom stereocenters. The van der Waals surface area contributed by atoms with E-state index in [-0.39, 0.29) is 12.6 Å². The van der Waals surface area contributed by atoms with Crippen LogP contribution in [0.3, 0.4) is 0 Å². The first-order chi connectivity index (χ1) is 24.1. The Kier molecular flexibility index (Phi) is 11.8. The van der Waals surface area contributed by atoms with E-state index >= 15 is 0 Å². The molecule has 0 aliphatic carbocycles. The van der Waals surface area contributed by atoms with Crippen molar-refractivity contribution in [3.63, 3.8) is 0 Å². The van der Waals surface area contributed by atoms with Gasteiger partial charge in [-0.05, 0) is 69.8 Å². The summed E-state index contributed by atoms with van der Waals surface area (Å²) in [5, 5.41) is 11.0. The van der Waals surface area contributed by atoms with Crippen LogP contribution in [-0.2, 0) is 20.4 Å². The van der Waals surface area contributed by atoms with E-state index in [9.17, 15) is 23.1 Å². The van der Waals surface area contributed by atoms with Crippen molar-refractivity contribution in [1.29, 1.82) is 0 Å². The van der Waals surface area contributed by atoms with Crippen LogP contribution in [0.25, 0.3) is 33.4 Å². The summed E-state index contributed by atoms with van der Waals surface area (Å²) in [7, 11) is 3.12. The van der Waals surface area contributed by atoms with E-state index < -0.39 is 17.8 Å². The summed E-state index contributed by atoms with van der Waals surface area (Å²) in [6, 6.07) is 31.2. The van der Waals surface area contributed by atoms with Gasteiger partial charge in [-0.2, -0.15) is 13.2 Å². The highest BCUT2D eigenvalue weighted by molar-refractivity contribution is 5.80. The van der Waals surface area contributed by atoms with E-state index in [0.29, 0.717) is 53.8 Å². The van der Waals surface area contributed by atoms with Crippen LogP contribution in [0.2, 0.25) is 0 Å². The molecule has 5 aromatic carbocycles. The van der Waals surface area contributed by atoms with Crippen molar-refractivity contribution in [2.24, 2.45) is 0 Å². The normalized spacial score (nSPS) is 11.9. The minimum atomic E-state index is -4.40. The van der Waals surface area contributed by atoms with E-state index in [2.05, 4.69) is 0 Å². The van der Waals surface area contributed by atoms with Gasteiger partial charge in [0.1, 0.15) is 36.6 Å². The predicted molar refractivity (Wildman–Crippen MR) is 184 cm³/mol. The number of aliphatic hydroxyl groups excluding tert-OH is 1. The third kappa shape index (κ3) is 9.02. The van der Waals surface area contributed by atoms with Crippen LogP contribution >= 0.6 is 0 Å². The first-order valence-corrected chi connectivity index (χ1v) is 15.8. The Morgan fingerprint density at radius 3 is 1.58 bits per heavy atom. The van der Waals surface area contributed by atoms with Crippen LogP contribution in [0.1, 0.15) is 29.7 Å². The lowest BCUT2D eigenvalue weighted by molar-refractivity contribution is -0.142. The molecule has 0 fully saturated rings. The minimum absolute atomic E-state index is 0.203. The van der Waals surface area contributed by atoms with E-state index in [1.807, 2.05) is 72.8 Å².